The van der Waals surface area contributed by atoms with Gasteiger partial charge in [-0.1, -0.05) is 33.6 Å². The Labute approximate surface area is 125 Å². The largest absolute Gasteiger partial charge is 0.480 e. The Morgan fingerprint density at radius 2 is 2.10 bits per heavy atom. The third kappa shape index (κ3) is 3.83. The molecule has 1 aromatic rings. The van der Waals surface area contributed by atoms with E-state index in [4.69, 9.17) is 0 Å². The number of hydrogen-bond donors (Lipinski definition) is 1. The zero-order valence-corrected chi connectivity index (χ0v) is 13.5. The number of aliphatic carboxylic acids is 1. The van der Waals surface area contributed by atoms with Crippen molar-refractivity contribution >= 4 is 17.3 Å². The highest BCUT2D eigenvalue weighted by Gasteiger charge is 2.27. The molecule has 1 unspecified atom stereocenters. The fourth-order valence-electron chi connectivity index (χ4n) is 2.70. The van der Waals surface area contributed by atoms with Gasteiger partial charge >= 0.3 is 5.97 Å². The molecular weight excluding hydrogens is 270 g/mol. The lowest BCUT2D eigenvalue weighted by Gasteiger charge is -2.26. The van der Waals surface area contributed by atoms with Gasteiger partial charge in [0.2, 0.25) is 0 Å². The van der Waals surface area contributed by atoms with Crippen LogP contribution in [0.5, 0.6) is 0 Å². The minimum Gasteiger partial charge on any atom is -0.480 e. The van der Waals surface area contributed by atoms with E-state index in [1.807, 2.05) is 11.3 Å². The van der Waals surface area contributed by atoms with Crippen LogP contribution in [0.3, 0.4) is 0 Å². The van der Waals surface area contributed by atoms with Crippen LogP contribution in [0.15, 0.2) is 12.1 Å². The molecule has 2 heterocycles. The van der Waals surface area contributed by atoms with Crippen LogP contribution < -0.4 is 0 Å². The van der Waals surface area contributed by atoms with Crippen molar-refractivity contribution in [3.8, 4) is 0 Å². The second-order valence-electron chi connectivity index (χ2n) is 6.69. The smallest absolute Gasteiger partial charge is 0.320 e. The van der Waals surface area contributed by atoms with Gasteiger partial charge in [-0.15, -0.1) is 11.3 Å². The quantitative estimate of drug-likeness (QED) is 0.920. The molecule has 1 saturated heterocycles. The number of rotatable bonds is 3. The molecule has 0 aromatic carbocycles. The summed E-state index contributed by atoms with van der Waals surface area (Å²) in [5, 5.41) is 9.41. The van der Waals surface area contributed by atoms with Crippen LogP contribution in [0.1, 0.15) is 56.2 Å². The van der Waals surface area contributed by atoms with Gasteiger partial charge in [-0.3, -0.25) is 9.69 Å². The van der Waals surface area contributed by atoms with E-state index in [0.29, 0.717) is 0 Å². The Balaban J connectivity index is 2.10. The van der Waals surface area contributed by atoms with Gasteiger partial charge in [-0.25, -0.2) is 0 Å². The molecule has 1 N–H and O–H groups in total. The Morgan fingerprint density at radius 3 is 2.70 bits per heavy atom. The zero-order chi connectivity index (χ0) is 14.8. The molecule has 20 heavy (non-hydrogen) atoms. The maximum atomic E-state index is 11.4. The van der Waals surface area contributed by atoms with Crippen molar-refractivity contribution in [1.29, 1.82) is 0 Å². The Hall–Kier alpha value is -0.870. The molecule has 1 aliphatic heterocycles. The summed E-state index contributed by atoms with van der Waals surface area (Å²) in [4.78, 5) is 16.2. The summed E-state index contributed by atoms with van der Waals surface area (Å²) >= 11 is 1.82. The van der Waals surface area contributed by atoms with E-state index in [9.17, 15) is 9.90 Å². The maximum absolute atomic E-state index is 11.4. The van der Waals surface area contributed by atoms with Crippen LogP contribution >= 0.6 is 11.3 Å². The maximum Gasteiger partial charge on any atom is 0.320 e. The first-order valence-corrected chi connectivity index (χ1v) is 8.25. The van der Waals surface area contributed by atoms with Crippen LogP contribution in [-0.4, -0.2) is 28.6 Å². The van der Waals surface area contributed by atoms with Gasteiger partial charge in [-0.2, -0.15) is 0 Å². The predicted octanol–water partition coefficient (Wildman–Crippen LogP) is 3.87. The summed E-state index contributed by atoms with van der Waals surface area (Å²) < 4.78 is 0. The topological polar surface area (TPSA) is 40.5 Å². The van der Waals surface area contributed by atoms with Crippen LogP contribution in [0.4, 0.5) is 0 Å². The minimum atomic E-state index is -0.667. The highest BCUT2D eigenvalue weighted by molar-refractivity contribution is 7.12. The molecule has 1 fully saturated rings. The Kier molecular flexibility index (Phi) is 4.86. The zero-order valence-electron chi connectivity index (χ0n) is 12.7. The SMILES string of the molecule is CC(C)(C)c1ccc(CN2CCCCCC2C(=O)O)s1. The van der Waals surface area contributed by atoms with Crippen molar-refractivity contribution in [2.75, 3.05) is 6.54 Å². The molecule has 1 aromatic heterocycles. The van der Waals surface area contributed by atoms with Crippen molar-refractivity contribution in [3.63, 3.8) is 0 Å². The van der Waals surface area contributed by atoms with Crippen molar-refractivity contribution < 1.29 is 9.90 Å². The molecule has 1 aliphatic rings. The summed E-state index contributed by atoms with van der Waals surface area (Å²) in [6.07, 6.45) is 4.08. The summed E-state index contributed by atoms with van der Waals surface area (Å²) in [6, 6.07) is 4.04. The second kappa shape index (κ2) is 6.27. The molecule has 0 bridgehead atoms. The number of carboxylic acid groups (broad SMARTS) is 1. The van der Waals surface area contributed by atoms with Crippen LogP contribution in [0.2, 0.25) is 0 Å². The van der Waals surface area contributed by atoms with Gasteiger partial charge in [0.15, 0.2) is 0 Å². The number of carbonyl (C=O) groups is 1. The fourth-order valence-corrected chi connectivity index (χ4v) is 3.79. The van der Waals surface area contributed by atoms with Crippen molar-refractivity contribution in [2.45, 2.75) is 64.5 Å². The first-order chi connectivity index (χ1) is 9.38. The van der Waals surface area contributed by atoms with Gasteiger partial charge in [-0.05, 0) is 36.9 Å². The molecule has 0 amide bonds. The lowest BCUT2D eigenvalue weighted by molar-refractivity contribution is -0.143. The minimum absolute atomic E-state index is 0.175. The molecule has 0 aliphatic carbocycles. The second-order valence-corrected chi connectivity index (χ2v) is 7.86. The van der Waals surface area contributed by atoms with E-state index in [-0.39, 0.29) is 11.5 Å². The monoisotopic (exact) mass is 295 g/mol. The van der Waals surface area contributed by atoms with Gasteiger partial charge in [0.05, 0.1) is 0 Å². The molecule has 3 nitrogen and oxygen atoms in total. The average molecular weight is 295 g/mol. The molecule has 0 spiro atoms. The number of hydrogen-bond acceptors (Lipinski definition) is 3. The highest BCUT2D eigenvalue weighted by Crippen LogP contribution is 2.31. The third-order valence-electron chi connectivity index (χ3n) is 3.91. The normalized spacial score (nSPS) is 21.6. The number of likely N-dealkylation sites (tertiary alicyclic amines) is 1. The molecule has 0 radical (unpaired) electrons. The van der Waals surface area contributed by atoms with E-state index >= 15 is 0 Å². The highest BCUT2D eigenvalue weighted by atomic mass is 32.1. The predicted molar refractivity (Wildman–Crippen MR) is 83.3 cm³/mol. The fraction of sp³-hybridized carbons (Fsp3) is 0.688. The average Bonchev–Trinajstić information content (AvgIpc) is 2.68. The standard InChI is InChI=1S/C16H25NO2S/c1-16(2,3)14-9-8-12(20-14)11-17-10-6-4-5-7-13(17)15(18)19/h8-9,13H,4-7,10-11H2,1-3H3,(H,18,19). The number of nitrogens with zero attached hydrogens (tertiary/aromatic N) is 1. The van der Waals surface area contributed by atoms with Gasteiger partial charge in [0.25, 0.3) is 0 Å². The van der Waals surface area contributed by atoms with E-state index < -0.39 is 5.97 Å². The van der Waals surface area contributed by atoms with Gasteiger partial charge < -0.3 is 5.11 Å². The summed E-state index contributed by atoms with van der Waals surface area (Å²) in [6.45, 7) is 8.33. The van der Waals surface area contributed by atoms with Gasteiger partial charge in [0.1, 0.15) is 6.04 Å². The van der Waals surface area contributed by atoms with Crippen molar-refractivity contribution in [1.82, 2.24) is 4.90 Å². The molecular formula is C16H25NO2S. The first kappa shape index (κ1) is 15.5. The van der Waals surface area contributed by atoms with Crippen LogP contribution in [-0.2, 0) is 16.8 Å². The molecule has 2 rings (SSSR count). The van der Waals surface area contributed by atoms with E-state index in [1.54, 1.807) is 0 Å². The molecule has 1 atom stereocenters. The number of thiophene rings is 1. The number of carboxylic acids is 1. The van der Waals surface area contributed by atoms with Crippen LogP contribution in [0.25, 0.3) is 0 Å². The first-order valence-electron chi connectivity index (χ1n) is 7.44. The van der Waals surface area contributed by atoms with Crippen molar-refractivity contribution in [3.05, 3.63) is 21.9 Å². The Morgan fingerprint density at radius 1 is 1.35 bits per heavy atom. The summed E-state index contributed by atoms with van der Waals surface area (Å²) in [5.74, 6) is -0.667. The molecule has 112 valence electrons. The summed E-state index contributed by atoms with van der Waals surface area (Å²) in [5.41, 5.74) is 0.175. The lowest BCUT2D eigenvalue weighted by Crippen LogP contribution is -2.40. The molecule has 0 saturated carbocycles. The lowest BCUT2D eigenvalue weighted by atomic mass is 9.95. The van der Waals surface area contributed by atoms with Gasteiger partial charge in [0, 0.05) is 16.3 Å². The van der Waals surface area contributed by atoms with E-state index in [1.165, 1.54) is 9.75 Å². The van der Waals surface area contributed by atoms with E-state index in [0.717, 1.165) is 38.8 Å². The molecule has 4 heteroatoms. The Bertz CT molecular complexity index is 461. The van der Waals surface area contributed by atoms with Crippen LogP contribution in [0, 0.1) is 0 Å². The van der Waals surface area contributed by atoms with Crippen molar-refractivity contribution in [2.24, 2.45) is 0 Å². The summed E-state index contributed by atoms with van der Waals surface area (Å²) in [7, 11) is 0. The van der Waals surface area contributed by atoms with E-state index in [2.05, 4.69) is 37.8 Å². The third-order valence-corrected chi connectivity index (χ3v) is 5.40.